The second kappa shape index (κ2) is 6.97. The largest absolute Gasteiger partial charge is 0.277 e. The van der Waals surface area contributed by atoms with Gasteiger partial charge in [-0.15, -0.1) is 0 Å². The molecule has 0 radical (unpaired) electrons. The van der Waals surface area contributed by atoms with E-state index < -0.39 is 9.85 Å². The Morgan fingerprint density at radius 2 is 1.14 bits per heavy atom. The Bertz CT molecular complexity index is 686. The molecule has 2 aromatic carbocycles. The maximum atomic E-state index is 11.3. The van der Waals surface area contributed by atoms with E-state index in [0.717, 1.165) is 11.1 Å². The van der Waals surface area contributed by atoms with Crippen LogP contribution in [0.2, 0.25) is 0 Å². The first-order valence-electron chi connectivity index (χ1n) is 6.15. The van der Waals surface area contributed by atoms with Crippen molar-refractivity contribution in [3.05, 3.63) is 67.8 Å². The highest BCUT2D eigenvalue weighted by molar-refractivity contribution is 9.08. The Kier molecular flexibility index (Phi) is 5.25. The second-order valence-electron chi connectivity index (χ2n) is 4.48. The van der Waals surface area contributed by atoms with Gasteiger partial charge in [0.15, 0.2) is 0 Å². The highest BCUT2D eigenvalue weighted by atomic mass is 79.9. The number of nitro groups is 2. The summed E-state index contributed by atoms with van der Waals surface area (Å²) >= 11 is 6.48. The van der Waals surface area contributed by atoms with Crippen LogP contribution < -0.4 is 0 Å². The Morgan fingerprint density at radius 3 is 1.41 bits per heavy atom. The van der Waals surface area contributed by atoms with Crippen LogP contribution in [0.5, 0.6) is 0 Å². The summed E-state index contributed by atoms with van der Waals surface area (Å²) in [7, 11) is 0. The molecule has 2 rings (SSSR count). The summed E-state index contributed by atoms with van der Waals surface area (Å²) in [5.41, 5.74) is 1.65. The van der Waals surface area contributed by atoms with Crippen LogP contribution in [0.25, 0.3) is 11.1 Å². The molecule has 0 heterocycles. The molecule has 6 nitrogen and oxygen atoms in total. The molecule has 2 aromatic rings. The number of nitrogens with zero attached hydrogens (tertiary/aromatic N) is 2. The van der Waals surface area contributed by atoms with E-state index in [1.165, 1.54) is 12.1 Å². The van der Waals surface area contributed by atoms with E-state index in [1.807, 2.05) is 0 Å². The van der Waals surface area contributed by atoms with Crippen molar-refractivity contribution >= 4 is 43.2 Å². The van der Waals surface area contributed by atoms with E-state index in [-0.39, 0.29) is 22.5 Å². The number of benzene rings is 2. The van der Waals surface area contributed by atoms with Gasteiger partial charge in [-0.3, -0.25) is 20.2 Å². The summed E-state index contributed by atoms with van der Waals surface area (Å²) in [6.07, 6.45) is 0. The molecule has 0 saturated carbocycles. The van der Waals surface area contributed by atoms with Crippen LogP contribution in [0.4, 0.5) is 11.4 Å². The molecule has 114 valence electrons. The normalized spacial score (nSPS) is 10.5. The molecule has 0 amide bonds. The van der Waals surface area contributed by atoms with Gasteiger partial charge in [-0.2, -0.15) is 0 Å². The van der Waals surface area contributed by atoms with Crippen molar-refractivity contribution in [1.82, 2.24) is 0 Å². The molecule has 0 N–H and O–H groups in total. The zero-order chi connectivity index (χ0) is 16.3. The lowest BCUT2D eigenvalue weighted by atomic mass is 9.99. The maximum Gasteiger partial charge on any atom is 0.277 e. The van der Waals surface area contributed by atoms with Crippen molar-refractivity contribution in [2.75, 3.05) is 0 Å². The van der Waals surface area contributed by atoms with E-state index in [4.69, 9.17) is 0 Å². The number of nitro benzene ring substituents is 2. The van der Waals surface area contributed by atoms with E-state index >= 15 is 0 Å². The summed E-state index contributed by atoms with van der Waals surface area (Å²) in [5.74, 6) is 0. The first kappa shape index (κ1) is 16.6. The molecular formula is C14H10Br2N2O4. The predicted octanol–water partition coefficient (Wildman–Crippen LogP) is 4.96. The van der Waals surface area contributed by atoms with Gasteiger partial charge in [-0.05, 0) is 23.3 Å². The van der Waals surface area contributed by atoms with Crippen LogP contribution in [0.1, 0.15) is 11.1 Å². The predicted molar refractivity (Wildman–Crippen MR) is 90.4 cm³/mol. The zero-order valence-electron chi connectivity index (χ0n) is 11.2. The molecule has 0 saturated heterocycles. The van der Waals surface area contributed by atoms with Gasteiger partial charge in [0.25, 0.3) is 11.4 Å². The quantitative estimate of drug-likeness (QED) is 0.381. The minimum atomic E-state index is -0.524. The Balaban J connectivity index is 2.70. The molecule has 0 aromatic heterocycles. The van der Waals surface area contributed by atoms with Crippen molar-refractivity contribution < 1.29 is 9.85 Å². The molecule has 0 unspecified atom stereocenters. The van der Waals surface area contributed by atoms with Crippen LogP contribution in [0.3, 0.4) is 0 Å². The third-order valence-corrected chi connectivity index (χ3v) is 4.41. The van der Waals surface area contributed by atoms with Crippen molar-refractivity contribution in [2.45, 2.75) is 10.7 Å². The zero-order valence-corrected chi connectivity index (χ0v) is 14.3. The lowest BCUT2D eigenvalue weighted by molar-refractivity contribution is -0.386. The SMILES string of the molecule is O=[N+]([O-])c1cc(CBr)ccc1-c1ccc(CBr)cc1[N+](=O)[O-]. The van der Waals surface area contributed by atoms with Gasteiger partial charge in [-0.1, -0.05) is 44.0 Å². The molecular weight excluding hydrogens is 420 g/mol. The van der Waals surface area contributed by atoms with E-state index in [0.29, 0.717) is 10.7 Å². The fourth-order valence-corrected chi connectivity index (χ4v) is 2.78. The average Bonchev–Trinajstić information content (AvgIpc) is 2.53. The van der Waals surface area contributed by atoms with Crippen LogP contribution >= 0.6 is 31.9 Å². The van der Waals surface area contributed by atoms with Gasteiger partial charge < -0.3 is 0 Å². The van der Waals surface area contributed by atoms with Crippen LogP contribution in [-0.2, 0) is 10.7 Å². The van der Waals surface area contributed by atoms with Crippen LogP contribution in [-0.4, -0.2) is 9.85 Å². The number of hydrogen-bond donors (Lipinski definition) is 0. The smallest absolute Gasteiger partial charge is 0.258 e. The molecule has 0 bridgehead atoms. The maximum absolute atomic E-state index is 11.3. The monoisotopic (exact) mass is 428 g/mol. The van der Waals surface area contributed by atoms with Crippen molar-refractivity contribution in [3.63, 3.8) is 0 Å². The lowest BCUT2D eigenvalue weighted by Gasteiger charge is -2.07. The molecule has 0 fully saturated rings. The van der Waals surface area contributed by atoms with E-state index in [9.17, 15) is 20.2 Å². The van der Waals surface area contributed by atoms with Gasteiger partial charge in [0.1, 0.15) is 0 Å². The molecule has 0 aliphatic carbocycles. The van der Waals surface area contributed by atoms with Crippen molar-refractivity contribution in [1.29, 1.82) is 0 Å². The number of alkyl halides is 2. The topological polar surface area (TPSA) is 86.3 Å². The van der Waals surface area contributed by atoms with Crippen LogP contribution in [0.15, 0.2) is 36.4 Å². The number of hydrogen-bond acceptors (Lipinski definition) is 4. The summed E-state index contributed by atoms with van der Waals surface area (Å²) in [4.78, 5) is 21.5. The molecule has 0 aliphatic rings. The van der Waals surface area contributed by atoms with Gasteiger partial charge in [0.2, 0.25) is 0 Å². The second-order valence-corrected chi connectivity index (χ2v) is 5.61. The minimum Gasteiger partial charge on any atom is -0.258 e. The fraction of sp³-hybridized carbons (Fsp3) is 0.143. The molecule has 0 spiro atoms. The minimum absolute atomic E-state index is 0.147. The van der Waals surface area contributed by atoms with Crippen molar-refractivity contribution in [2.24, 2.45) is 0 Å². The Labute approximate surface area is 142 Å². The number of rotatable bonds is 5. The fourth-order valence-electron chi connectivity index (χ4n) is 2.08. The molecule has 0 atom stereocenters. The van der Waals surface area contributed by atoms with E-state index in [1.54, 1.807) is 24.3 Å². The number of halogens is 2. The summed E-state index contributed by atoms with van der Waals surface area (Å²) in [5, 5.41) is 23.5. The van der Waals surface area contributed by atoms with Crippen molar-refractivity contribution in [3.8, 4) is 11.1 Å². The van der Waals surface area contributed by atoms with Gasteiger partial charge in [0.05, 0.1) is 21.0 Å². The van der Waals surface area contributed by atoms with Crippen LogP contribution in [0, 0.1) is 20.2 Å². The van der Waals surface area contributed by atoms with Gasteiger partial charge in [0, 0.05) is 22.8 Å². The lowest BCUT2D eigenvalue weighted by Crippen LogP contribution is -1.98. The molecule has 22 heavy (non-hydrogen) atoms. The summed E-state index contributed by atoms with van der Waals surface area (Å²) in [6, 6.07) is 9.35. The molecule has 8 heteroatoms. The summed E-state index contributed by atoms with van der Waals surface area (Å²) < 4.78 is 0. The summed E-state index contributed by atoms with van der Waals surface area (Å²) in [6.45, 7) is 0. The van der Waals surface area contributed by atoms with Gasteiger partial charge in [-0.25, -0.2) is 0 Å². The first-order chi connectivity index (χ1) is 10.5. The highest BCUT2D eigenvalue weighted by Crippen LogP contribution is 2.37. The molecule has 0 aliphatic heterocycles. The first-order valence-corrected chi connectivity index (χ1v) is 8.39. The Morgan fingerprint density at radius 1 is 0.773 bits per heavy atom. The third-order valence-electron chi connectivity index (χ3n) is 3.12. The van der Waals surface area contributed by atoms with E-state index in [2.05, 4.69) is 31.9 Å². The Hall–Kier alpha value is -1.80. The average molecular weight is 430 g/mol. The standard InChI is InChI=1S/C14H10Br2N2O4/c15-7-9-1-3-11(13(5-9)17(19)20)12-4-2-10(8-16)6-14(12)18(21)22/h1-6H,7-8H2. The third kappa shape index (κ3) is 3.33. The highest BCUT2D eigenvalue weighted by Gasteiger charge is 2.23. The van der Waals surface area contributed by atoms with Gasteiger partial charge >= 0.3 is 0 Å².